The summed E-state index contributed by atoms with van der Waals surface area (Å²) in [5.41, 5.74) is 3.01. The maximum Gasteiger partial charge on any atom is 0.0141 e. The van der Waals surface area contributed by atoms with Gasteiger partial charge in [-0.2, -0.15) is 11.8 Å². The second kappa shape index (κ2) is 5.92. The van der Waals surface area contributed by atoms with Gasteiger partial charge in [0.05, 0.1) is 0 Å². The zero-order valence-electron chi connectivity index (χ0n) is 11.1. The van der Waals surface area contributed by atoms with Gasteiger partial charge < -0.3 is 5.32 Å². The van der Waals surface area contributed by atoms with Crippen molar-refractivity contribution in [1.29, 1.82) is 0 Å². The van der Waals surface area contributed by atoms with Gasteiger partial charge >= 0.3 is 0 Å². The van der Waals surface area contributed by atoms with E-state index in [4.69, 9.17) is 0 Å². The van der Waals surface area contributed by atoms with E-state index in [1.165, 1.54) is 18.4 Å². The summed E-state index contributed by atoms with van der Waals surface area (Å²) >= 11 is 1.94. The van der Waals surface area contributed by atoms with E-state index in [9.17, 15) is 0 Å². The van der Waals surface area contributed by atoms with Gasteiger partial charge in [-0.15, -0.1) is 0 Å². The summed E-state index contributed by atoms with van der Waals surface area (Å²) in [6.45, 7) is 5.66. The molecule has 1 unspecified atom stereocenters. The van der Waals surface area contributed by atoms with Crippen LogP contribution in [0, 0.1) is 6.92 Å². The van der Waals surface area contributed by atoms with Crippen molar-refractivity contribution in [2.75, 3.05) is 12.8 Å². The molecule has 0 spiro atoms. The molecule has 1 aromatic carbocycles. The van der Waals surface area contributed by atoms with E-state index in [-0.39, 0.29) is 0 Å². The van der Waals surface area contributed by atoms with E-state index in [0.29, 0.717) is 0 Å². The topological polar surface area (TPSA) is 12.0 Å². The van der Waals surface area contributed by atoms with Gasteiger partial charge in [0.25, 0.3) is 0 Å². The average Bonchev–Trinajstić information content (AvgIpc) is 2.28. The van der Waals surface area contributed by atoms with Crippen molar-refractivity contribution in [3.63, 3.8) is 0 Å². The van der Waals surface area contributed by atoms with E-state index in [1.54, 1.807) is 5.56 Å². The van der Waals surface area contributed by atoms with Gasteiger partial charge in [0.1, 0.15) is 0 Å². The molecule has 1 nitrogen and oxygen atoms in total. The molecule has 94 valence electrons. The number of hydrogen-bond acceptors (Lipinski definition) is 2. The lowest BCUT2D eigenvalue weighted by atomic mass is 9.74. The maximum atomic E-state index is 3.67. The highest BCUT2D eigenvalue weighted by atomic mass is 32.2. The molecule has 2 rings (SSSR count). The second-order valence-electron chi connectivity index (χ2n) is 5.18. The fraction of sp³-hybridized carbons (Fsp3) is 0.600. The molecule has 17 heavy (non-hydrogen) atoms. The molecule has 1 saturated carbocycles. The summed E-state index contributed by atoms with van der Waals surface area (Å²) in [6, 6.07) is 9.56. The zero-order valence-corrected chi connectivity index (χ0v) is 11.9. The first-order chi connectivity index (χ1) is 8.20. The summed E-state index contributed by atoms with van der Waals surface area (Å²) in [7, 11) is 0. The van der Waals surface area contributed by atoms with E-state index in [1.807, 2.05) is 11.8 Å². The van der Waals surface area contributed by atoms with Crippen LogP contribution in [0.1, 0.15) is 36.8 Å². The fourth-order valence-electron chi connectivity index (χ4n) is 2.50. The van der Waals surface area contributed by atoms with Crippen LogP contribution in [0.4, 0.5) is 0 Å². The molecule has 2 heteroatoms. The van der Waals surface area contributed by atoms with Crippen LogP contribution in [0.5, 0.6) is 0 Å². The summed E-state index contributed by atoms with van der Waals surface area (Å²) in [5.74, 6) is 0.790. The van der Waals surface area contributed by atoms with E-state index >= 15 is 0 Å². The van der Waals surface area contributed by atoms with Crippen LogP contribution in [-0.2, 0) is 0 Å². The lowest BCUT2D eigenvalue weighted by Crippen LogP contribution is -2.42. The predicted octanol–water partition coefficient (Wildman–Crippen LogP) is 3.58. The van der Waals surface area contributed by atoms with E-state index < -0.39 is 0 Å². The van der Waals surface area contributed by atoms with Crippen molar-refractivity contribution in [2.45, 2.75) is 43.9 Å². The number of benzene rings is 1. The van der Waals surface area contributed by atoms with Crippen LogP contribution in [-0.4, -0.2) is 24.1 Å². The molecule has 1 aliphatic carbocycles. The van der Waals surface area contributed by atoms with Gasteiger partial charge in [-0.25, -0.2) is 0 Å². The average molecular weight is 249 g/mol. The molecule has 0 saturated heterocycles. The Morgan fingerprint density at radius 2 is 2.06 bits per heavy atom. The molecule has 1 aliphatic rings. The lowest BCUT2D eigenvalue weighted by Gasteiger charge is -2.37. The van der Waals surface area contributed by atoms with Crippen molar-refractivity contribution < 1.29 is 0 Å². The Morgan fingerprint density at radius 3 is 2.71 bits per heavy atom. The van der Waals surface area contributed by atoms with Crippen molar-refractivity contribution in [3.8, 4) is 0 Å². The Hall–Kier alpha value is -0.470. The molecular formula is C15H23NS. The number of nitrogens with one attached hydrogen (secondary N) is 1. The first-order valence-corrected chi connectivity index (χ1v) is 7.81. The van der Waals surface area contributed by atoms with Crippen LogP contribution in [0.15, 0.2) is 24.3 Å². The lowest BCUT2D eigenvalue weighted by molar-refractivity contribution is 0.292. The number of aryl methyl sites for hydroxylation is 1. The Kier molecular flexibility index (Phi) is 4.52. The molecule has 0 amide bonds. The minimum atomic E-state index is 0.729. The summed E-state index contributed by atoms with van der Waals surface area (Å²) in [6.07, 6.45) is 4.81. The van der Waals surface area contributed by atoms with Gasteiger partial charge in [0.2, 0.25) is 0 Å². The Labute approximate surface area is 109 Å². The van der Waals surface area contributed by atoms with Gasteiger partial charge in [-0.05, 0) is 43.1 Å². The third kappa shape index (κ3) is 3.26. The van der Waals surface area contributed by atoms with Crippen molar-refractivity contribution in [3.05, 3.63) is 35.4 Å². The zero-order chi connectivity index (χ0) is 12.3. The second-order valence-corrected chi connectivity index (χ2v) is 6.45. The summed E-state index contributed by atoms with van der Waals surface area (Å²) in [4.78, 5) is 0. The molecule has 0 aromatic heterocycles. The monoisotopic (exact) mass is 249 g/mol. The quantitative estimate of drug-likeness (QED) is 0.856. The van der Waals surface area contributed by atoms with Gasteiger partial charge in [-0.3, -0.25) is 0 Å². The van der Waals surface area contributed by atoms with Gasteiger partial charge in [0.15, 0.2) is 0 Å². The Bertz CT molecular complexity index is 358. The molecule has 1 atom stereocenters. The molecule has 0 bridgehead atoms. The third-order valence-corrected chi connectivity index (χ3v) is 4.83. The standard InChI is InChI=1S/C15H23NS/c1-11-6-4-5-7-15(11)13-8-14(9-13)16-10-12(2)17-3/h4-7,12-14,16H,8-10H2,1-3H3. The van der Waals surface area contributed by atoms with E-state index in [2.05, 4.69) is 49.7 Å². The highest BCUT2D eigenvalue weighted by Gasteiger charge is 2.30. The maximum absolute atomic E-state index is 3.67. The minimum Gasteiger partial charge on any atom is -0.313 e. The molecule has 0 aliphatic heterocycles. The molecule has 0 radical (unpaired) electrons. The van der Waals surface area contributed by atoms with Crippen LogP contribution < -0.4 is 5.32 Å². The molecule has 1 N–H and O–H groups in total. The number of thioether (sulfide) groups is 1. The molecule has 1 aromatic rings. The fourth-order valence-corrected chi connectivity index (χ4v) is 2.76. The SMILES string of the molecule is CSC(C)CNC1CC(c2ccccc2C)C1. The highest BCUT2D eigenvalue weighted by molar-refractivity contribution is 7.99. The highest BCUT2D eigenvalue weighted by Crippen LogP contribution is 2.38. The normalized spacial score (nSPS) is 25.4. The summed E-state index contributed by atoms with van der Waals surface area (Å²) < 4.78 is 0. The third-order valence-electron chi connectivity index (χ3n) is 3.86. The van der Waals surface area contributed by atoms with Crippen molar-refractivity contribution in [2.24, 2.45) is 0 Å². The van der Waals surface area contributed by atoms with E-state index in [0.717, 1.165) is 23.8 Å². The van der Waals surface area contributed by atoms with Gasteiger partial charge in [-0.1, -0.05) is 31.2 Å². The number of rotatable bonds is 5. The Morgan fingerprint density at radius 1 is 1.35 bits per heavy atom. The van der Waals surface area contributed by atoms with Crippen LogP contribution in [0.2, 0.25) is 0 Å². The molecule has 0 heterocycles. The first kappa shape index (κ1) is 13.0. The van der Waals surface area contributed by atoms with Gasteiger partial charge in [0, 0.05) is 17.8 Å². The van der Waals surface area contributed by atoms with Crippen LogP contribution in [0.25, 0.3) is 0 Å². The predicted molar refractivity (Wildman–Crippen MR) is 77.9 cm³/mol. The number of hydrogen-bond donors (Lipinski definition) is 1. The van der Waals surface area contributed by atoms with Crippen LogP contribution in [0.3, 0.4) is 0 Å². The minimum absolute atomic E-state index is 0.729. The summed E-state index contributed by atoms with van der Waals surface area (Å²) in [5, 5.41) is 4.40. The molecule has 1 fully saturated rings. The molecular weight excluding hydrogens is 226 g/mol. The van der Waals surface area contributed by atoms with Crippen molar-refractivity contribution >= 4 is 11.8 Å². The largest absolute Gasteiger partial charge is 0.313 e. The van der Waals surface area contributed by atoms with Crippen molar-refractivity contribution in [1.82, 2.24) is 5.32 Å². The first-order valence-electron chi connectivity index (χ1n) is 6.52. The van der Waals surface area contributed by atoms with Crippen LogP contribution >= 0.6 is 11.8 Å². The Balaban J connectivity index is 1.77. The smallest absolute Gasteiger partial charge is 0.0141 e.